The van der Waals surface area contributed by atoms with E-state index in [4.69, 9.17) is 4.74 Å². The number of phenolic OH excluding ortho intramolecular Hbond substituents is 1. The fraction of sp³-hybridized carbons (Fsp3) is 0.750. The van der Waals surface area contributed by atoms with Gasteiger partial charge in [-0.05, 0) is 49.3 Å². The molecule has 1 aromatic carbocycles. The molecule has 0 aromatic heterocycles. The Morgan fingerprint density at radius 3 is 1.88 bits per heavy atom. The summed E-state index contributed by atoms with van der Waals surface area (Å²) >= 11 is 1.87. The van der Waals surface area contributed by atoms with E-state index >= 15 is 0 Å². The van der Waals surface area contributed by atoms with Crippen LogP contribution in [-0.2, 0) is 4.74 Å². The van der Waals surface area contributed by atoms with Crippen LogP contribution in [0.15, 0.2) is 29.2 Å². The number of carbonyl (C=O) groups excluding carboxylic acids is 1. The van der Waals surface area contributed by atoms with Crippen LogP contribution in [0.25, 0.3) is 0 Å². The quantitative estimate of drug-likeness (QED) is 0.129. The van der Waals surface area contributed by atoms with Gasteiger partial charge in [-0.3, -0.25) is 0 Å². The Morgan fingerprint density at radius 1 is 0.758 bits per heavy atom. The number of aromatic hydroxyl groups is 1. The van der Waals surface area contributed by atoms with Gasteiger partial charge in [-0.15, -0.1) is 11.8 Å². The van der Waals surface area contributed by atoms with Gasteiger partial charge in [0.1, 0.15) is 5.75 Å². The van der Waals surface area contributed by atoms with Crippen LogP contribution in [0.2, 0.25) is 0 Å². The molecule has 0 aliphatic carbocycles. The van der Waals surface area contributed by atoms with Gasteiger partial charge >= 0.3 is 6.09 Å². The van der Waals surface area contributed by atoms with Crippen LogP contribution >= 0.6 is 11.8 Å². The summed E-state index contributed by atoms with van der Waals surface area (Å²) in [5, 5.41) is 12.2. The van der Waals surface area contributed by atoms with Crippen LogP contribution < -0.4 is 5.32 Å². The lowest BCUT2D eigenvalue weighted by Gasteiger charge is -2.07. The molecule has 5 heteroatoms. The number of amides is 1. The maximum Gasteiger partial charge on any atom is 0.407 e. The van der Waals surface area contributed by atoms with Crippen molar-refractivity contribution in [2.75, 3.05) is 18.9 Å². The second-order valence-electron chi connectivity index (χ2n) is 9.06. The third-order valence-corrected chi connectivity index (χ3v) is 7.03. The van der Waals surface area contributed by atoms with Gasteiger partial charge in [-0.1, -0.05) is 96.8 Å². The smallest absolute Gasteiger partial charge is 0.407 e. The molecule has 190 valence electrons. The highest BCUT2D eigenvalue weighted by atomic mass is 32.2. The van der Waals surface area contributed by atoms with Crippen molar-refractivity contribution in [2.45, 2.75) is 121 Å². The van der Waals surface area contributed by atoms with Gasteiger partial charge in [-0.25, -0.2) is 4.79 Å². The monoisotopic (exact) mass is 479 g/mol. The number of hydrogen-bond donors (Lipinski definition) is 2. The molecule has 1 rings (SSSR count). The maximum atomic E-state index is 11.7. The van der Waals surface area contributed by atoms with Crippen LogP contribution in [0, 0.1) is 0 Å². The Hall–Kier alpha value is -1.36. The van der Waals surface area contributed by atoms with Crippen molar-refractivity contribution in [2.24, 2.45) is 0 Å². The third kappa shape index (κ3) is 19.8. The zero-order chi connectivity index (χ0) is 23.8. The second kappa shape index (κ2) is 22.4. The predicted molar refractivity (Wildman–Crippen MR) is 142 cm³/mol. The molecule has 0 unspecified atom stereocenters. The number of unbranched alkanes of at least 4 members (excludes halogenated alkanes) is 15. The van der Waals surface area contributed by atoms with E-state index in [0.29, 0.717) is 12.4 Å². The highest BCUT2D eigenvalue weighted by Gasteiger charge is 2.01. The zero-order valence-electron chi connectivity index (χ0n) is 21.1. The molecular weight excluding hydrogens is 430 g/mol. The fourth-order valence-electron chi connectivity index (χ4n) is 3.84. The van der Waals surface area contributed by atoms with Crippen molar-refractivity contribution in [1.29, 1.82) is 0 Å². The lowest BCUT2D eigenvalue weighted by atomic mass is 10.1. The number of rotatable bonds is 22. The van der Waals surface area contributed by atoms with Crippen molar-refractivity contribution >= 4 is 17.9 Å². The minimum absolute atomic E-state index is 0.249. The molecule has 0 spiro atoms. The number of carbonyl (C=O) groups is 1. The summed E-state index contributed by atoms with van der Waals surface area (Å²) in [4.78, 5) is 12.9. The second-order valence-corrected chi connectivity index (χ2v) is 10.2. The first kappa shape index (κ1) is 29.7. The average molecular weight is 480 g/mol. The normalized spacial score (nSPS) is 10.9. The van der Waals surface area contributed by atoms with E-state index in [0.717, 1.165) is 31.6 Å². The first-order valence-electron chi connectivity index (χ1n) is 13.5. The molecule has 0 atom stereocenters. The largest absolute Gasteiger partial charge is 0.508 e. The van der Waals surface area contributed by atoms with Gasteiger partial charge in [0.2, 0.25) is 0 Å². The number of ether oxygens (including phenoxy) is 1. The topological polar surface area (TPSA) is 58.6 Å². The lowest BCUT2D eigenvalue weighted by molar-refractivity contribution is 0.143. The van der Waals surface area contributed by atoms with Gasteiger partial charge in [0, 0.05) is 11.4 Å². The van der Waals surface area contributed by atoms with E-state index in [2.05, 4.69) is 12.2 Å². The molecule has 0 saturated heterocycles. The summed E-state index contributed by atoms with van der Waals surface area (Å²) in [5.74, 6) is 1.49. The number of thioether (sulfide) groups is 1. The summed E-state index contributed by atoms with van der Waals surface area (Å²) in [6, 6.07) is 7.47. The molecule has 1 aromatic rings. The van der Waals surface area contributed by atoms with Crippen LogP contribution in [0.5, 0.6) is 5.75 Å². The molecule has 0 bridgehead atoms. The molecule has 2 N–H and O–H groups in total. The Bertz CT molecular complexity index is 565. The standard InChI is InChI=1S/C28H49NO3S/c1-2-3-4-5-6-10-13-16-23-29-28(31)32-24-17-14-11-8-7-9-12-15-18-25-33-27-21-19-26(30)20-22-27/h19-22,30H,2-18,23-25H2,1H3,(H,29,31). The summed E-state index contributed by atoms with van der Waals surface area (Å²) in [5.41, 5.74) is 0. The molecule has 0 fully saturated rings. The molecule has 0 saturated carbocycles. The fourth-order valence-corrected chi connectivity index (χ4v) is 4.75. The summed E-state index contributed by atoms with van der Waals surface area (Å²) in [6.45, 7) is 3.53. The highest BCUT2D eigenvalue weighted by molar-refractivity contribution is 7.99. The van der Waals surface area contributed by atoms with Crippen molar-refractivity contribution in [3.8, 4) is 5.75 Å². The minimum Gasteiger partial charge on any atom is -0.508 e. The van der Waals surface area contributed by atoms with Gasteiger partial charge in [0.15, 0.2) is 0 Å². The SMILES string of the molecule is CCCCCCCCCCNC(=O)OCCCCCCCCCCCSc1ccc(O)cc1. The number of benzene rings is 1. The molecule has 0 aliphatic heterocycles. The van der Waals surface area contributed by atoms with E-state index in [1.54, 1.807) is 12.1 Å². The van der Waals surface area contributed by atoms with Gasteiger partial charge in [0.25, 0.3) is 0 Å². The molecule has 0 aliphatic rings. The van der Waals surface area contributed by atoms with Crippen LogP contribution in [0.3, 0.4) is 0 Å². The van der Waals surface area contributed by atoms with Crippen LogP contribution in [0.1, 0.15) is 116 Å². The molecule has 1 amide bonds. The number of alkyl carbamates (subject to hydrolysis) is 1. The number of phenols is 1. The van der Waals surface area contributed by atoms with E-state index in [1.807, 2.05) is 23.9 Å². The molecular formula is C28H49NO3S. The maximum absolute atomic E-state index is 11.7. The van der Waals surface area contributed by atoms with Gasteiger partial charge < -0.3 is 15.2 Å². The predicted octanol–water partition coefficient (Wildman–Crippen LogP) is 8.86. The van der Waals surface area contributed by atoms with Crippen molar-refractivity contribution in [3.05, 3.63) is 24.3 Å². The van der Waals surface area contributed by atoms with E-state index < -0.39 is 0 Å². The van der Waals surface area contributed by atoms with E-state index in [9.17, 15) is 9.90 Å². The third-order valence-electron chi connectivity index (χ3n) is 5.93. The van der Waals surface area contributed by atoms with E-state index in [1.165, 1.54) is 94.8 Å². The number of hydrogen-bond acceptors (Lipinski definition) is 4. The molecule has 0 heterocycles. The Balaban J connectivity index is 1.74. The first-order chi connectivity index (χ1) is 16.2. The van der Waals surface area contributed by atoms with Gasteiger partial charge in [0.05, 0.1) is 6.61 Å². The van der Waals surface area contributed by atoms with Gasteiger partial charge in [-0.2, -0.15) is 0 Å². The Morgan fingerprint density at radius 2 is 1.27 bits per heavy atom. The zero-order valence-corrected chi connectivity index (χ0v) is 21.9. The molecule has 0 radical (unpaired) electrons. The molecule has 4 nitrogen and oxygen atoms in total. The summed E-state index contributed by atoms with van der Waals surface area (Å²) in [6.07, 6.45) is 21.1. The first-order valence-corrected chi connectivity index (χ1v) is 14.5. The number of nitrogens with one attached hydrogen (secondary N) is 1. The van der Waals surface area contributed by atoms with Crippen LogP contribution in [-0.4, -0.2) is 30.1 Å². The average Bonchev–Trinajstić information content (AvgIpc) is 2.82. The minimum atomic E-state index is -0.249. The van der Waals surface area contributed by atoms with Crippen molar-refractivity contribution in [3.63, 3.8) is 0 Å². The van der Waals surface area contributed by atoms with Crippen molar-refractivity contribution < 1.29 is 14.6 Å². The Labute approximate surface area is 207 Å². The lowest BCUT2D eigenvalue weighted by Crippen LogP contribution is -2.25. The van der Waals surface area contributed by atoms with Crippen molar-refractivity contribution in [1.82, 2.24) is 5.32 Å². The molecule has 33 heavy (non-hydrogen) atoms. The summed E-state index contributed by atoms with van der Waals surface area (Å²) < 4.78 is 5.27. The highest BCUT2D eigenvalue weighted by Crippen LogP contribution is 2.22. The Kier molecular flexibility index (Phi) is 20.2. The summed E-state index contributed by atoms with van der Waals surface area (Å²) in [7, 11) is 0. The van der Waals surface area contributed by atoms with E-state index in [-0.39, 0.29) is 6.09 Å². The van der Waals surface area contributed by atoms with Crippen LogP contribution in [0.4, 0.5) is 4.79 Å².